The van der Waals surface area contributed by atoms with Crippen LogP contribution in [-0.4, -0.2) is 25.9 Å². The van der Waals surface area contributed by atoms with Gasteiger partial charge in [-0.3, -0.25) is 0 Å². The summed E-state index contributed by atoms with van der Waals surface area (Å²) in [6.07, 6.45) is 1.92. The van der Waals surface area contributed by atoms with Gasteiger partial charge in [-0.1, -0.05) is 0 Å². The highest BCUT2D eigenvalue weighted by molar-refractivity contribution is 5.79. The Kier molecular flexibility index (Phi) is 3.40. The molecule has 0 bridgehead atoms. The zero-order valence-electron chi connectivity index (χ0n) is 11.7. The molecule has 0 radical (unpaired) electrons. The molecule has 0 saturated heterocycles. The molecule has 108 valence electrons. The fraction of sp³-hybridized carbons (Fsp3) is 0.533. The fourth-order valence-corrected chi connectivity index (χ4v) is 3.15. The second kappa shape index (κ2) is 5.07. The topological polar surface area (TPSA) is 84.3 Å². The zero-order chi connectivity index (χ0) is 14.3. The molecule has 1 aliphatic rings. The molecule has 3 atom stereocenters. The fourth-order valence-electron chi connectivity index (χ4n) is 3.15. The van der Waals surface area contributed by atoms with Crippen LogP contribution in [0.25, 0.3) is 11.0 Å². The average Bonchev–Trinajstić information content (AvgIpc) is 2.94. The van der Waals surface area contributed by atoms with Crippen LogP contribution in [0, 0.1) is 5.92 Å². The van der Waals surface area contributed by atoms with Crippen LogP contribution in [0.3, 0.4) is 0 Å². The van der Waals surface area contributed by atoms with E-state index < -0.39 is 6.10 Å². The molecular weight excluding hydrogens is 254 g/mol. The third kappa shape index (κ3) is 2.39. The molecule has 1 aromatic carbocycles. The maximum atomic E-state index is 9.94. The molecule has 0 amide bonds. The molecule has 20 heavy (non-hydrogen) atoms. The third-order valence-corrected chi connectivity index (χ3v) is 4.13. The molecule has 5 heteroatoms. The minimum absolute atomic E-state index is 0.180. The number of imidazole rings is 1. The van der Waals surface area contributed by atoms with E-state index in [0.29, 0.717) is 17.4 Å². The Morgan fingerprint density at radius 2 is 2.25 bits per heavy atom. The molecule has 1 heterocycles. The first-order valence-electron chi connectivity index (χ1n) is 7.16. The van der Waals surface area contributed by atoms with Gasteiger partial charge in [0, 0.05) is 12.2 Å². The summed E-state index contributed by atoms with van der Waals surface area (Å²) < 4.78 is 2.07. The van der Waals surface area contributed by atoms with Gasteiger partial charge in [0.25, 0.3) is 0 Å². The summed E-state index contributed by atoms with van der Waals surface area (Å²) >= 11 is 0. The van der Waals surface area contributed by atoms with E-state index in [-0.39, 0.29) is 6.10 Å². The van der Waals surface area contributed by atoms with E-state index in [9.17, 15) is 10.2 Å². The highest BCUT2D eigenvalue weighted by Gasteiger charge is 2.25. The SMILES string of the molecule is CC(O)c1nc2cc(N)ccc2n1CC1CCC(O)C1. The minimum Gasteiger partial charge on any atom is -0.399 e. The van der Waals surface area contributed by atoms with Gasteiger partial charge in [-0.15, -0.1) is 0 Å². The van der Waals surface area contributed by atoms with Crippen LogP contribution in [0.5, 0.6) is 0 Å². The summed E-state index contributed by atoms with van der Waals surface area (Å²) in [5.74, 6) is 1.12. The number of aliphatic hydroxyl groups is 2. The lowest BCUT2D eigenvalue weighted by atomic mass is 10.1. The van der Waals surface area contributed by atoms with E-state index in [1.54, 1.807) is 6.92 Å². The molecule has 0 spiro atoms. The third-order valence-electron chi connectivity index (χ3n) is 4.13. The number of nitrogens with zero attached hydrogens (tertiary/aromatic N) is 2. The number of aromatic nitrogens is 2. The Balaban J connectivity index is 2.00. The van der Waals surface area contributed by atoms with Crippen LogP contribution in [0.1, 0.15) is 38.1 Å². The minimum atomic E-state index is -0.616. The lowest BCUT2D eigenvalue weighted by molar-refractivity contribution is 0.172. The van der Waals surface area contributed by atoms with Gasteiger partial charge in [0.2, 0.25) is 0 Å². The van der Waals surface area contributed by atoms with Crippen molar-refractivity contribution in [3.63, 3.8) is 0 Å². The summed E-state index contributed by atoms with van der Waals surface area (Å²) in [7, 11) is 0. The predicted molar refractivity (Wildman–Crippen MR) is 78.1 cm³/mol. The summed E-state index contributed by atoms with van der Waals surface area (Å²) in [4.78, 5) is 4.50. The van der Waals surface area contributed by atoms with Crippen LogP contribution >= 0.6 is 0 Å². The number of rotatable bonds is 3. The number of aliphatic hydroxyl groups excluding tert-OH is 2. The number of hydrogen-bond acceptors (Lipinski definition) is 4. The van der Waals surface area contributed by atoms with Gasteiger partial charge in [0.15, 0.2) is 0 Å². The quantitative estimate of drug-likeness (QED) is 0.746. The highest BCUT2D eigenvalue weighted by Crippen LogP contribution is 2.30. The maximum Gasteiger partial charge on any atom is 0.138 e. The Hall–Kier alpha value is -1.59. The van der Waals surface area contributed by atoms with Gasteiger partial charge in [-0.25, -0.2) is 4.98 Å². The number of nitrogen functional groups attached to an aromatic ring is 1. The zero-order valence-corrected chi connectivity index (χ0v) is 11.7. The highest BCUT2D eigenvalue weighted by atomic mass is 16.3. The molecule has 3 unspecified atom stereocenters. The summed E-state index contributed by atoms with van der Waals surface area (Å²) in [6, 6.07) is 5.64. The van der Waals surface area contributed by atoms with E-state index >= 15 is 0 Å². The number of hydrogen-bond donors (Lipinski definition) is 3. The molecule has 1 saturated carbocycles. The smallest absolute Gasteiger partial charge is 0.138 e. The standard InChI is InChI=1S/C15H21N3O2/c1-9(19)15-17-13-7-11(16)3-5-14(13)18(15)8-10-2-4-12(20)6-10/h3,5,7,9-10,12,19-20H,2,4,6,8,16H2,1H3. The van der Waals surface area contributed by atoms with Crippen molar-refractivity contribution < 1.29 is 10.2 Å². The summed E-state index contributed by atoms with van der Waals surface area (Å²) in [5, 5.41) is 19.6. The van der Waals surface area contributed by atoms with E-state index in [1.807, 2.05) is 18.2 Å². The second-order valence-electron chi connectivity index (χ2n) is 5.84. The average molecular weight is 275 g/mol. The molecule has 4 N–H and O–H groups in total. The van der Waals surface area contributed by atoms with Crippen LogP contribution in [0.15, 0.2) is 18.2 Å². The normalized spacial score (nSPS) is 24.4. The molecule has 1 aromatic heterocycles. The van der Waals surface area contributed by atoms with Gasteiger partial charge >= 0.3 is 0 Å². The molecule has 1 aliphatic carbocycles. The Labute approximate surface area is 118 Å². The van der Waals surface area contributed by atoms with E-state index in [2.05, 4.69) is 9.55 Å². The van der Waals surface area contributed by atoms with Crippen molar-refractivity contribution in [2.24, 2.45) is 5.92 Å². The number of nitrogens with two attached hydrogens (primary N) is 1. The van der Waals surface area contributed by atoms with Crippen LogP contribution in [-0.2, 0) is 6.54 Å². The van der Waals surface area contributed by atoms with Crippen molar-refractivity contribution in [3.05, 3.63) is 24.0 Å². The van der Waals surface area contributed by atoms with Crippen LogP contribution < -0.4 is 5.73 Å². The van der Waals surface area contributed by atoms with Crippen LogP contribution in [0.2, 0.25) is 0 Å². The first-order chi connectivity index (χ1) is 9.54. The number of anilines is 1. The van der Waals surface area contributed by atoms with E-state index in [1.165, 1.54) is 0 Å². The van der Waals surface area contributed by atoms with Crippen LogP contribution in [0.4, 0.5) is 5.69 Å². The van der Waals surface area contributed by atoms with Crippen molar-refractivity contribution >= 4 is 16.7 Å². The molecule has 3 rings (SSSR count). The van der Waals surface area contributed by atoms with Gasteiger partial charge < -0.3 is 20.5 Å². The monoisotopic (exact) mass is 275 g/mol. The lowest BCUT2D eigenvalue weighted by Crippen LogP contribution is -2.13. The Morgan fingerprint density at radius 3 is 2.90 bits per heavy atom. The van der Waals surface area contributed by atoms with E-state index in [4.69, 9.17) is 5.73 Å². The van der Waals surface area contributed by atoms with Gasteiger partial charge in [0.1, 0.15) is 11.9 Å². The van der Waals surface area contributed by atoms with Gasteiger partial charge in [0.05, 0.1) is 17.1 Å². The molecule has 1 fully saturated rings. The summed E-state index contributed by atoms with van der Waals surface area (Å²) in [6.45, 7) is 2.52. The first kappa shape index (κ1) is 13.4. The lowest BCUT2D eigenvalue weighted by Gasteiger charge is -2.15. The van der Waals surface area contributed by atoms with Crippen molar-refractivity contribution in [1.82, 2.24) is 9.55 Å². The molecular formula is C15H21N3O2. The van der Waals surface area contributed by atoms with Crippen molar-refractivity contribution in [1.29, 1.82) is 0 Å². The Bertz CT molecular complexity index is 621. The van der Waals surface area contributed by atoms with Crippen molar-refractivity contribution in [2.75, 3.05) is 5.73 Å². The number of fused-ring (bicyclic) bond motifs is 1. The largest absolute Gasteiger partial charge is 0.399 e. The van der Waals surface area contributed by atoms with Gasteiger partial charge in [-0.05, 0) is 50.3 Å². The molecule has 2 aromatic rings. The van der Waals surface area contributed by atoms with Gasteiger partial charge in [-0.2, -0.15) is 0 Å². The maximum absolute atomic E-state index is 9.94. The summed E-state index contributed by atoms with van der Waals surface area (Å²) in [5.41, 5.74) is 8.29. The van der Waals surface area contributed by atoms with E-state index in [0.717, 1.165) is 36.8 Å². The Morgan fingerprint density at radius 1 is 1.45 bits per heavy atom. The molecule has 0 aliphatic heterocycles. The van der Waals surface area contributed by atoms with Crippen molar-refractivity contribution in [2.45, 2.75) is 44.9 Å². The first-order valence-corrected chi connectivity index (χ1v) is 7.16. The number of benzene rings is 1. The second-order valence-corrected chi connectivity index (χ2v) is 5.84. The van der Waals surface area contributed by atoms with Crippen molar-refractivity contribution in [3.8, 4) is 0 Å². The molecule has 5 nitrogen and oxygen atoms in total. The predicted octanol–water partition coefficient (Wildman–Crippen LogP) is 1.83.